The number of carbonyl (C=O) groups is 1. The second kappa shape index (κ2) is 9.28. The number of carbonyl (C=O) groups excluding carboxylic acids is 1. The fraction of sp³-hybridized carbons (Fsp3) is 0.462. The minimum atomic E-state index is -4.55. The van der Waals surface area contributed by atoms with E-state index in [0.717, 1.165) is 18.2 Å². The number of ether oxygens (including phenoxy) is 1. The summed E-state index contributed by atoms with van der Waals surface area (Å²) in [4.78, 5) is 23.7. The van der Waals surface area contributed by atoms with E-state index in [4.69, 9.17) is 0 Å². The van der Waals surface area contributed by atoms with Crippen LogP contribution in [-0.2, 0) is 0 Å². The summed E-state index contributed by atoms with van der Waals surface area (Å²) in [7, 11) is 3.11. The first-order valence-electron chi connectivity index (χ1n) is 6.53. The Balaban J connectivity index is 0.00000529. The van der Waals surface area contributed by atoms with Crippen LogP contribution in [0.3, 0.4) is 0 Å². The van der Waals surface area contributed by atoms with Crippen LogP contribution in [0.1, 0.15) is 10.4 Å². The van der Waals surface area contributed by atoms with Crippen molar-refractivity contribution < 1.29 is 27.6 Å². The Labute approximate surface area is 142 Å². The molecule has 0 aromatic heterocycles. The van der Waals surface area contributed by atoms with Crippen molar-refractivity contribution in [2.75, 3.05) is 33.8 Å². The van der Waals surface area contributed by atoms with E-state index in [0.29, 0.717) is 6.54 Å². The molecule has 0 aliphatic heterocycles. The lowest BCUT2D eigenvalue weighted by Gasteiger charge is -2.17. The van der Waals surface area contributed by atoms with Crippen molar-refractivity contribution >= 4 is 24.0 Å². The largest absolute Gasteiger partial charge is 0.484 e. The molecule has 24 heavy (non-hydrogen) atoms. The Morgan fingerprint density at radius 1 is 1.42 bits per heavy atom. The zero-order valence-corrected chi connectivity index (χ0v) is 13.7. The van der Waals surface area contributed by atoms with Crippen molar-refractivity contribution in [2.24, 2.45) is 0 Å². The molecule has 7 nitrogen and oxygen atoms in total. The highest BCUT2D eigenvalue weighted by Gasteiger charge is 2.29. The Morgan fingerprint density at radius 2 is 2.04 bits per heavy atom. The second-order valence-electron chi connectivity index (χ2n) is 4.67. The number of likely N-dealkylation sites (N-methyl/N-ethyl adjacent to an activating group) is 2. The SMILES string of the molecule is CNCCN(C)C(=O)c1cc(OCC(F)(F)F)ccc1[N+](=O)[O-].Cl. The van der Waals surface area contributed by atoms with Gasteiger partial charge >= 0.3 is 6.18 Å². The first kappa shape index (κ1) is 21.9. The van der Waals surface area contributed by atoms with E-state index in [1.54, 1.807) is 7.05 Å². The van der Waals surface area contributed by atoms with Crippen LogP contribution in [0.25, 0.3) is 0 Å². The lowest BCUT2D eigenvalue weighted by Crippen LogP contribution is -2.33. The van der Waals surface area contributed by atoms with Gasteiger partial charge in [-0.2, -0.15) is 13.2 Å². The molecule has 1 amide bonds. The molecular weight excluding hydrogens is 355 g/mol. The maximum Gasteiger partial charge on any atom is 0.422 e. The Bertz CT molecular complexity index is 584. The molecule has 0 spiro atoms. The number of nitrogens with one attached hydrogen (secondary N) is 1. The summed E-state index contributed by atoms with van der Waals surface area (Å²) >= 11 is 0. The summed E-state index contributed by atoms with van der Waals surface area (Å²) in [5, 5.41) is 13.8. The van der Waals surface area contributed by atoms with E-state index in [9.17, 15) is 28.1 Å². The number of amides is 1. The van der Waals surface area contributed by atoms with E-state index in [1.165, 1.54) is 11.9 Å². The Kier molecular flexibility index (Phi) is 8.48. The zero-order valence-electron chi connectivity index (χ0n) is 12.9. The van der Waals surface area contributed by atoms with Crippen LogP contribution in [0.2, 0.25) is 0 Å². The average molecular weight is 372 g/mol. The summed E-state index contributed by atoms with van der Waals surface area (Å²) in [6, 6.07) is 2.92. The molecule has 0 fully saturated rings. The van der Waals surface area contributed by atoms with Crippen molar-refractivity contribution in [2.45, 2.75) is 6.18 Å². The molecule has 0 saturated heterocycles. The molecular formula is C13H17ClF3N3O4. The zero-order chi connectivity index (χ0) is 17.6. The van der Waals surface area contributed by atoms with Gasteiger partial charge in [0.15, 0.2) is 6.61 Å². The quantitative estimate of drug-likeness (QED) is 0.587. The maximum absolute atomic E-state index is 12.2. The van der Waals surface area contributed by atoms with Gasteiger partial charge in [-0.3, -0.25) is 14.9 Å². The van der Waals surface area contributed by atoms with Gasteiger partial charge < -0.3 is 15.0 Å². The number of nitro groups is 1. The van der Waals surface area contributed by atoms with Crippen molar-refractivity contribution in [3.8, 4) is 5.75 Å². The predicted octanol–water partition coefficient (Wildman–Crippen LogP) is 2.25. The van der Waals surface area contributed by atoms with Gasteiger partial charge in [0.25, 0.3) is 11.6 Å². The van der Waals surface area contributed by atoms with Gasteiger partial charge in [0.1, 0.15) is 11.3 Å². The number of halogens is 4. The van der Waals surface area contributed by atoms with Crippen LogP contribution in [-0.4, -0.2) is 55.7 Å². The van der Waals surface area contributed by atoms with Crippen LogP contribution in [0, 0.1) is 10.1 Å². The van der Waals surface area contributed by atoms with Gasteiger partial charge in [-0.05, 0) is 19.2 Å². The standard InChI is InChI=1S/C13H16F3N3O4.ClH/c1-17-5-6-18(2)12(20)10-7-9(23-8-13(14,15)16)3-4-11(10)19(21)22;/h3-4,7,17H,5-6,8H2,1-2H3;1H. The Morgan fingerprint density at radius 3 is 2.54 bits per heavy atom. The maximum atomic E-state index is 12.2. The molecule has 0 saturated carbocycles. The van der Waals surface area contributed by atoms with Gasteiger partial charge in [-0.15, -0.1) is 12.4 Å². The third-order valence-electron chi connectivity index (χ3n) is 2.84. The molecule has 1 aromatic rings. The van der Waals surface area contributed by atoms with E-state index < -0.39 is 29.3 Å². The number of rotatable bonds is 7. The topological polar surface area (TPSA) is 84.7 Å². The molecule has 1 N–H and O–H groups in total. The summed E-state index contributed by atoms with van der Waals surface area (Å²) < 4.78 is 41.0. The summed E-state index contributed by atoms with van der Waals surface area (Å²) in [5.41, 5.74) is -0.820. The molecule has 0 aliphatic carbocycles. The van der Waals surface area contributed by atoms with Gasteiger partial charge in [0.05, 0.1) is 4.92 Å². The molecule has 0 atom stereocenters. The number of benzene rings is 1. The van der Waals surface area contributed by atoms with Gasteiger partial charge in [0, 0.05) is 26.2 Å². The van der Waals surface area contributed by atoms with E-state index in [2.05, 4.69) is 10.1 Å². The number of hydrogen-bond acceptors (Lipinski definition) is 5. The normalized spacial score (nSPS) is 10.7. The van der Waals surface area contributed by atoms with Gasteiger partial charge in [-0.1, -0.05) is 0 Å². The minimum Gasteiger partial charge on any atom is -0.484 e. The Hall–Kier alpha value is -2.07. The molecule has 0 unspecified atom stereocenters. The van der Waals surface area contributed by atoms with E-state index in [1.807, 2.05) is 0 Å². The molecule has 0 heterocycles. The number of hydrogen-bond donors (Lipinski definition) is 1. The fourth-order valence-corrected chi connectivity index (χ4v) is 1.69. The number of alkyl halides is 3. The smallest absolute Gasteiger partial charge is 0.422 e. The molecule has 1 aromatic carbocycles. The van der Waals surface area contributed by atoms with Crippen molar-refractivity contribution in [3.05, 3.63) is 33.9 Å². The molecule has 0 radical (unpaired) electrons. The van der Waals surface area contributed by atoms with Crippen LogP contribution >= 0.6 is 12.4 Å². The highest BCUT2D eigenvalue weighted by atomic mass is 35.5. The number of nitrogens with zero attached hydrogens (tertiary/aromatic N) is 2. The summed E-state index contributed by atoms with van der Waals surface area (Å²) in [6.45, 7) is -0.811. The molecule has 136 valence electrons. The summed E-state index contributed by atoms with van der Waals surface area (Å²) in [5.74, 6) is -0.942. The van der Waals surface area contributed by atoms with Crippen LogP contribution in [0.15, 0.2) is 18.2 Å². The molecule has 0 bridgehead atoms. The lowest BCUT2D eigenvalue weighted by molar-refractivity contribution is -0.385. The van der Waals surface area contributed by atoms with Crippen LogP contribution in [0.4, 0.5) is 18.9 Å². The first-order chi connectivity index (χ1) is 10.7. The van der Waals surface area contributed by atoms with E-state index >= 15 is 0 Å². The van der Waals surface area contributed by atoms with Crippen LogP contribution in [0.5, 0.6) is 5.75 Å². The predicted molar refractivity (Wildman–Crippen MR) is 82.8 cm³/mol. The van der Waals surface area contributed by atoms with Crippen molar-refractivity contribution in [3.63, 3.8) is 0 Å². The monoisotopic (exact) mass is 371 g/mol. The minimum absolute atomic E-state index is 0. The van der Waals surface area contributed by atoms with Crippen molar-refractivity contribution in [1.82, 2.24) is 10.2 Å². The average Bonchev–Trinajstić information content (AvgIpc) is 2.48. The third kappa shape index (κ3) is 6.59. The lowest BCUT2D eigenvalue weighted by atomic mass is 10.1. The number of nitro benzene ring substituents is 1. The second-order valence-corrected chi connectivity index (χ2v) is 4.67. The third-order valence-corrected chi connectivity index (χ3v) is 2.84. The fourth-order valence-electron chi connectivity index (χ4n) is 1.69. The van der Waals surface area contributed by atoms with E-state index in [-0.39, 0.29) is 30.3 Å². The van der Waals surface area contributed by atoms with Crippen molar-refractivity contribution in [1.29, 1.82) is 0 Å². The molecule has 11 heteroatoms. The van der Waals surface area contributed by atoms with Crippen LogP contribution < -0.4 is 10.1 Å². The van der Waals surface area contributed by atoms with Gasteiger partial charge in [-0.25, -0.2) is 0 Å². The molecule has 0 aliphatic rings. The molecule has 1 rings (SSSR count). The highest BCUT2D eigenvalue weighted by Crippen LogP contribution is 2.26. The highest BCUT2D eigenvalue weighted by molar-refractivity contribution is 5.98. The first-order valence-corrected chi connectivity index (χ1v) is 6.53. The summed E-state index contributed by atoms with van der Waals surface area (Å²) in [6.07, 6.45) is -4.55. The van der Waals surface area contributed by atoms with Gasteiger partial charge in [0.2, 0.25) is 0 Å².